The largest absolute Gasteiger partial charge is 0.296 e. The second kappa shape index (κ2) is 7.20. The van der Waals surface area contributed by atoms with E-state index in [2.05, 4.69) is 16.7 Å². The molecule has 1 fully saturated rings. The zero-order chi connectivity index (χ0) is 16.2. The molecule has 0 bridgehead atoms. The van der Waals surface area contributed by atoms with E-state index in [0.717, 1.165) is 43.9 Å². The minimum Gasteiger partial charge on any atom is -0.296 e. The van der Waals surface area contributed by atoms with Gasteiger partial charge in [-0.3, -0.25) is 9.80 Å². The average Bonchev–Trinajstić information content (AvgIpc) is 2.50. The summed E-state index contributed by atoms with van der Waals surface area (Å²) in [5, 5.41) is 0. The van der Waals surface area contributed by atoms with E-state index in [1.807, 2.05) is 12.1 Å². The zero-order valence-corrected chi connectivity index (χ0v) is 13.4. The van der Waals surface area contributed by atoms with E-state index in [4.69, 9.17) is 0 Å². The molecule has 0 amide bonds. The van der Waals surface area contributed by atoms with Gasteiger partial charge in [0.25, 0.3) is 0 Å². The van der Waals surface area contributed by atoms with Gasteiger partial charge in [-0.25, -0.2) is 8.78 Å². The van der Waals surface area contributed by atoms with Crippen LogP contribution in [0.25, 0.3) is 0 Å². The number of hydrogen-bond acceptors (Lipinski definition) is 2. The summed E-state index contributed by atoms with van der Waals surface area (Å²) in [4.78, 5) is 4.72. The fourth-order valence-corrected chi connectivity index (χ4v) is 3.21. The van der Waals surface area contributed by atoms with Gasteiger partial charge in [0, 0.05) is 38.8 Å². The molecule has 1 atom stereocenters. The highest BCUT2D eigenvalue weighted by Gasteiger charge is 2.23. The van der Waals surface area contributed by atoms with E-state index in [1.165, 1.54) is 12.1 Å². The summed E-state index contributed by atoms with van der Waals surface area (Å²) in [6.07, 6.45) is 0. The fourth-order valence-electron chi connectivity index (χ4n) is 3.21. The Morgan fingerprint density at radius 2 is 1.52 bits per heavy atom. The molecule has 2 aromatic rings. The predicted octanol–water partition coefficient (Wildman–Crippen LogP) is 3.67. The number of rotatable bonds is 4. The van der Waals surface area contributed by atoms with Crippen LogP contribution >= 0.6 is 0 Å². The van der Waals surface area contributed by atoms with Gasteiger partial charge < -0.3 is 0 Å². The highest BCUT2D eigenvalue weighted by Crippen LogP contribution is 2.17. The van der Waals surface area contributed by atoms with E-state index < -0.39 is 0 Å². The van der Waals surface area contributed by atoms with Gasteiger partial charge in [0.05, 0.1) is 0 Å². The van der Waals surface area contributed by atoms with E-state index in [1.54, 1.807) is 24.3 Å². The quantitative estimate of drug-likeness (QED) is 0.849. The standard InChI is InChI=1S/C19H22F2N2/c1-15-12-22(13-16-4-2-6-18(20)10-16)8-9-23(15)14-17-5-3-7-19(21)11-17/h2-7,10-11,15H,8-9,12-14H2,1H3. The third kappa shape index (κ3) is 4.36. The molecule has 0 N–H and O–H groups in total. The van der Waals surface area contributed by atoms with Crippen molar-refractivity contribution in [2.75, 3.05) is 19.6 Å². The van der Waals surface area contributed by atoms with E-state index in [9.17, 15) is 8.78 Å². The molecule has 1 aliphatic heterocycles. The van der Waals surface area contributed by atoms with Crippen molar-refractivity contribution in [3.8, 4) is 0 Å². The van der Waals surface area contributed by atoms with Crippen LogP contribution in [0, 0.1) is 11.6 Å². The van der Waals surface area contributed by atoms with Crippen LogP contribution < -0.4 is 0 Å². The van der Waals surface area contributed by atoms with Gasteiger partial charge >= 0.3 is 0 Å². The highest BCUT2D eigenvalue weighted by atomic mass is 19.1. The summed E-state index contributed by atoms with van der Waals surface area (Å²) in [5.74, 6) is -0.361. The van der Waals surface area contributed by atoms with Gasteiger partial charge in [0.1, 0.15) is 11.6 Å². The van der Waals surface area contributed by atoms with Crippen LogP contribution in [0.15, 0.2) is 48.5 Å². The molecule has 23 heavy (non-hydrogen) atoms. The Morgan fingerprint density at radius 3 is 2.09 bits per heavy atom. The van der Waals surface area contributed by atoms with Gasteiger partial charge in [-0.1, -0.05) is 24.3 Å². The monoisotopic (exact) mass is 316 g/mol. The van der Waals surface area contributed by atoms with Crippen LogP contribution in [0.4, 0.5) is 8.78 Å². The Bertz CT molecular complexity index is 659. The van der Waals surface area contributed by atoms with Crippen molar-refractivity contribution in [1.29, 1.82) is 0 Å². The summed E-state index contributed by atoms with van der Waals surface area (Å²) in [7, 11) is 0. The average molecular weight is 316 g/mol. The first-order chi connectivity index (χ1) is 11.1. The molecule has 1 saturated heterocycles. The third-order valence-corrected chi connectivity index (χ3v) is 4.42. The van der Waals surface area contributed by atoms with Crippen molar-refractivity contribution in [2.24, 2.45) is 0 Å². The van der Waals surface area contributed by atoms with Gasteiger partial charge in [0.15, 0.2) is 0 Å². The maximum absolute atomic E-state index is 13.3. The second-order valence-electron chi connectivity index (χ2n) is 6.31. The number of piperazine rings is 1. The lowest BCUT2D eigenvalue weighted by Crippen LogP contribution is -2.50. The summed E-state index contributed by atoms with van der Waals surface area (Å²) in [5.41, 5.74) is 2.02. The molecule has 3 rings (SSSR count). The Kier molecular flexibility index (Phi) is 5.03. The van der Waals surface area contributed by atoms with Gasteiger partial charge in [-0.2, -0.15) is 0 Å². The van der Waals surface area contributed by atoms with Crippen molar-refractivity contribution < 1.29 is 8.78 Å². The van der Waals surface area contributed by atoms with Crippen molar-refractivity contribution in [1.82, 2.24) is 9.80 Å². The van der Waals surface area contributed by atoms with Gasteiger partial charge in [-0.05, 0) is 42.3 Å². The van der Waals surface area contributed by atoms with Crippen molar-refractivity contribution >= 4 is 0 Å². The molecule has 122 valence electrons. The van der Waals surface area contributed by atoms with Crippen molar-refractivity contribution in [3.63, 3.8) is 0 Å². The predicted molar refractivity (Wildman–Crippen MR) is 87.9 cm³/mol. The molecule has 1 heterocycles. The maximum atomic E-state index is 13.3. The fraction of sp³-hybridized carbons (Fsp3) is 0.368. The number of halogens is 2. The SMILES string of the molecule is CC1CN(Cc2cccc(F)c2)CCN1Cc1cccc(F)c1. The first kappa shape index (κ1) is 16.1. The van der Waals surface area contributed by atoms with Crippen LogP contribution in [0.5, 0.6) is 0 Å². The Labute approximate surface area is 136 Å². The van der Waals surface area contributed by atoms with E-state index in [-0.39, 0.29) is 11.6 Å². The molecule has 0 spiro atoms. The van der Waals surface area contributed by atoms with E-state index >= 15 is 0 Å². The van der Waals surface area contributed by atoms with Crippen LogP contribution in [0.1, 0.15) is 18.1 Å². The number of benzene rings is 2. The van der Waals surface area contributed by atoms with E-state index in [0.29, 0.717) is 6.04 Å². The molecule has 0 radical (unpaired) electrons. The lowest BCUT2D eigenvalue weighted by atomic mass is 10.1. The third-order valence-electron chi connectivity index (χ3n) is 4.42. The highest BCUT2D eigenvalue weighted by molar-refractivity contribution is 5.17. The molecule has 0 saturated carbocycles. The van der Waals surface area contributed by atoms with Crippen LogP contribution in [-0.4, -0.2) is 35.5 Å². The van der Waals surface area contributed by atoms with Crippen LogP contribution in [-0.2, 0) is 13.1 Å². The second-order valence-corrected chi connectivity index (χ2v) is 6.31. The Morgan fingerprint density at radius 1 is 0.913 bits per heavy atom. The molecule has 1 unspecified atom stereocenters. The molecule has 0 aromatic heterocycles. The molecule has 2 aromatic carbocycles. The topological polar surface area (TPSA) is 6.48 Å². The smallest absolute Gasteiger partial charge is 0.123 e. The molecule has 2 nitrogen and oxygen atoms in total. The Balaban J connectivity index is 1.57. The summed E-state index contributed by atoms with van der Waals surface area (Å²) >= 11 is 0. The van der Waals surface area contributed by atoms with Gasteiger partial charge in [-0.15, -0.1) is 0 Å². The summed E-state index contributed by atoms with van der Waals surface area (Å²) < 4.78 is 26.6. The normalized spacial score (nSPS) is 19.9. The van der Waals surface area contributed by atoms with Crippen LogP contribution in [0.2, 0.25) is 0 Å². The minimum absolute atomic E-state index is 0.180. The molecule has 0 aliphatic carbocycles. The van der Waals surface area contributed by atoms with Crippen LogP contribution in [0.3, 0.4) is 0 Å². The summed E-state index contributed by atoms with van der Waals surface area (Å²) in [6.45, 7) is 6.55. The van der Waals surface area contributed by atoms with Crippen molar-refractivity contribution in [2.45, 2.75) is 26.1 Å². The lowest BCUT2D eigenvalue weighted by molar-refractivity contribution is 0.0732. The number of hydrogen-bond donors (Lipinski definition) is 0. The molecular formula is C19H22F2N2. The maximum Gasteiger partial charge on any atom is 0.123 e. The molecule has 4 heteroatoms. The first-order valence-corrected chi connectivity index (χ1v) is 8.05. The van der Waals surface area contributed by atoms with Gasteiger partial charge in [0.2, 0.25) is 0 Å². The molecule has 1 aliphatic rings. The lowest BCUT2D eigenvalue weighted by Gasteiger charge is -2.40. The number of nitrogens with zero attached hydrogens (tertiary/aromatic N) is 2. The molecular weight excluding hydrogens is 294 g/mol. The summed E-state index contributed by atoms with van der Waals surface area (Å²) in [6, 6.07) is 14.0. The first-order valence-electron chi connectivity index (χ1n) is 8.05. The Hall–Kier alpha value is -1.78. The zero-order valence-electron chi connectivity index (χ0n) is 13.4. The minimum atomic E-state index is -0.181. The van der Waals surface area contributed by atoms with Crippen molar-refractivity contribution in [3.05, 3.63) is 71.3 Å².